The normalized spacial score (nSPS) is 12.2. The first-order valence-corrected chi connectivity index (χ1v) is 5.26. The van der Waals surface area contributed by atoms with Gasteiger partial charge in [0, 0.05) is 5.56 Å². The summed E-state index contributed by atoms with van der Waals surface area (Å²) in [6.07, 6.45) is -0.407. The van der Waals surface area contributed by atoms with Gasteiger partial charge in [0.05, 0.1) is 5.56 Å². The number of phenols is 1. The van der Waals surface area contributed by atoms with E-state index in [-0.39, 0.29) is 5.75 Å². The molecule has 1 rings (SSSR count). The van der Waals surface area contributed by atoms with Crippen LogP contribution in [0.3, 0.4) is 0 Å². The highest BCUT2D eigenvalue weighted by atomic mass is 32.1. The van der Waals surface area contributed by atoms with Crippen molar-refractivity contribution < 1.29 is 18.3 Å². The van der Waals surface area contributed by atoms with Crippen molar-refractivity contribution in [3.05, 3.63) is 35.4 Å². The van der Waals surface area contributed by atoms with E-state index in [1.165, 1.54) is 6.07 Å². The van der Waals surface area contributed by atoms with E-state index in [1.807, 2.05) is 0 Å². The van der Waals surface area contributed by atoms with Crippen molar-refractivity contribution in [1.82, 2.24) is 0 Å². The minimum atomic E-state index is -4.43. The second-order valence-corrected chi connectivity index (χ2v) is 3.63. The summed E-state index contributed by atoms with van der Waals surface area (Å²) in [6.45, 7) is 0. The zero-order valence-corrected chi connectivity index (χ0v) is 9.22. The summed E-state index contributed by atoms with van der Waals surface area (Å²) in [6, 6.07) is 2.91. The number of hydrogen-bond acceptors (Lipinski definition) is 2. The number of halogens is 3. The van der Waals surface area contributed by atoms with E-state index in [0.29, 0.717) is 17.7 Å². The van der Waals surface area contributed by atoms with Gasteiger partial charge in [0.15, 0.2) is 0 Å². The first-order chi connectivity index (χ1) is 7.45. The maximum Gasteiger partial charge on any atom is 0.416 e. The molecule has 88 valence electrons. The largest absolute Gasteiger partial charge is 0.507 e. The summed E-state index contributed by atoms with van der Waals surface area (Å²) in [5, 5.41) is 9.38. The minimum absolute atomic E-state index is 0.370. The van der Waals surface area contributed by atoms with Crippen molar-refractivity contribution in [3.8, 4) is 5.75 Å². The molecule has 0 amide bonds. The van der Waals surface area contributed by atoms with E-state index < -0.39 is 11.7 Å². The average molecular weight is 248 g/mol. The molecule has 0 saturated carbocycles. The van der Waals surface area contributed by atoms with E-state index in [1.54, 1.807) is 12.2 Å². The van der Waals surface area contributed by atoms with Gasteiger partial charge in [0.25, 0.3) is 0 Å². The number of rotatable bonds is 3. The lowest BCUT2D eigenvalue weighted by Crippen LogP contribution is -2.04. The summed E-state index contributed by atoms with van der Waals surface area (Å²) in [5.74, 6) is 0.281. The van der Waals surface area contributed by atoms with Gasteiger partial charge < -0.3 is 5.11 Å². The van der Waals surface area contributed by atoms with Crippen molar-refractivity contribution >= 4 is 18.7 Å². The van der Waals surface area contributed by atoms with Crippen molar-refractivity contribution in [3.63, 3.8) is 0 Å². The van der Waals surface area contributed by atoms with Crippen LogP contribution in [-0.4, -0.2) is 10.9 Å². The third kappa shape index (κ3) is 3.48. The lowest BCUT2D eigenvalue weighted by atomic mass is 10.1. The molecule has 1 nitrogen and oxygen atoms in total. The fraction of sp³-hybridized carbons (Fsp3) is 0.273. The molecule has 0 aliphatic carbocycles. The third-order valence-electron chi connectivity index (χ3n) is 1.95. The van der Waals surface area contributed by atoms with Gasteiger partial charge in [0.1, 0.15) is 5.75 Å². The molecule has 0 radical (unpaired) electrons. The topological polar surface area (TPSA) is 20.2 Å². The lowest BCUT2D eigenvalue weighted by molar-refractivity contribution is -0.137. The summed E-state index contributed by atoms with van der Waals surface area (Å²) in [7, 11) is 0. The molecule has 16 heavy (non-hydrogen) atoms. The Morgan fingerprint density at radius 1 is 1.31 bits per heavy atom. The molecule has 1 N–H and O–H groups in total. The number of aromatic hydroxyl groups is 1. The molecule has 0 atom stereocenters. The van der Waals surface area contributed by atoms with Gasteiger partial charge in [0.2, 0.25) is 0 Å². The van der Waals surface area contributed by atoms with Gasteiger partial charge in [-0.1, -0.05) is 18.2 Å². The summed E-state index contributed by atoms with van der Waals surface area (Å²) in [4.78, 5) is 0. The van der Waals surface area contributed by atoms with Crippen LogP contribution >= 0.6 is 12.6 Å². The van der Waals surface area contributed by atoms with Crippen LogP contribution in [0.15, 0.2) is 24.3 Å². The number of benzene rings is 1. The Kier molecular flexibility index (Phi) is 4.29. The Bertz CT molecular complexity index is 385. The van der Waals surface area contributed by atoms with Crippen molar-refractivity contribution in [1.29, 1.82) is 0 Å². The lowest BCUT2D eigenvalue weighted by Gasteiger charge is -2.07. The van der Waals surface area contributed by atoms with E-state index >= 15 is 0 Å². The second-order valence-electron chi connectivity index (χ2n) is 3.19. The van der Waals surface area contributed by atoms with E-state index in [0.717, 1.165) is 12.1 Å². The van der Waals surface area contributed by atoms with Gasteiger partial charge >= 0.3 is 6.18 Å². The molecule has 0 spiro atoms. The molecule has 0 aliphatic rings. The molecule has 0 saturated heterocycles. The van der Waals surface area contributed by atoms with E-state index in [4.69, 9.17) is 0 Å². The van der Waals surface area contributed by atoms with Crippen LogP contribution in [0.5, 0.6) is 5.75 Å². The van der Waals surface area contributed by atoms with Crippen LogP contribution in [0.2, 0.25) is 0 Å². The Morgan fingerprint density at radius 3 is 2.50 bits per heavy atom. The van der Waals surface area contributed by atoms with Crippen LogP contribution < -0.4 is 0 Å². The minimum Gasteiger partial charge on any atom is -0.507 e. The quantitative estimate of drug-likeness (QED) is 0.781. The molecule has 0 unspecified atom stereocenters. The Labute approximate surface area is 97.0 Å². The molecule has 0 aliphatic heterocycles. The maximum absolute atomic E-state index is 12.3. The van der Waals surface area contributed by atoms with Gasteiger partial charge in [-0.3, -0.25) is 0 Å². The van der Waals surface area contributed by atoms with Crippen LogP contribution in [0.1, 0.15) is 17.5 Å². The molecule has 0 aromatic heterocycles. The molecule has 5 heteroatoms. The highest BCUT2D eigenvalue weighted by molar-refractivity contribution is 7.80. The van der Waals surface area contributed by atoms with Crippen molar-refractivity contribution in [2.75, 3.05) is 5.75 Å². The van der Waals surface area contributed by atoms with Crippen molar-refractivity contribution in [2.24, 2.45) is 0 Å². The number of alkyl halides is 3. The molecular weight excluding hydrogens is 237 g/mol. The Balaban J connectivity index is 2.92. The smallest absolute Gasteiger partial charge is 0.416 e. The first kappa shape index (κ1) is 13.0. The second kappa shape index (κ2) is 5.30. The number of hydrogen-bond donors (Lipinski definition) is 2. The average Bonchev–Trinajstić information content (AvgIpc) is 2.19. The van der Waals surface area contributed by atoms with Crippen molar-refractivity contribution in [2.45, 2.75) is 12.6 Å². The summed E-state index contributed by atoms with van der Waals surface area (Å²) in [5.41, 5.74) is -0.480. The number of thiol groups is 1. The molecule has 1 aromatic rings. The predicted octanol–water partition coefficient (Wildman–Crippen LogP) is 3.74. The van der Waals surface area contributed by atoms with Gasteiger partial charge in [-0.15, -0.1) is 0 Å². The van der Waals surface area contributed by atoms with Gasteiger partial charge in [-0.2, -0.15) is 25.8 Å². The first-order valence-electron chi connectivity index (χ1n) is 4.63. The van der Waals surface area contributed by atoms with Crippen LogP contribution in [0.4, 0.5) is 13.2 Å². The standard InChI is InChI=1S/C11H11F3OS/c12-11(13,14)9-5-4-8(10(15)7-9)3-1-2-6-16/h1,3-5,7,15-16H,2,6H2. The van der Waals surface area contributed by atoms with Crippen LogP contribution in [-0.2, 0) is 6.18 Å². The third-order valence-corrected chi connectivity index (χ3v) is 2.21. The Hall–Kier alpha value is -1.10. The summed E-state index contributed by atoms with van der Waals surface area (Å²) < 4.78 is 36.8. The molecular formula is C11H11F3OS. The van der Waals surface area contributed by atoms with Crippen LogP contribution in [0, 0.1) is 0 Å². The predicted molar refractivity (Wildman–Crippen MR) is 60.6 cm³/mol. The van der Waals surface area contributed by atoms with Gasteiger partial charge in [-0.05, 0) is 24.3 Å². The molecule has 1 aromatic carbocycles. The fourth-order valence-electron chi connectivity index (χ4n) is 1.15. The summed E-state index contributed by atoms with van der Waals surface area (Å²) >= 11 is 3.98. The zero-order valence-electron chi connectivity index (χ0n) is 8.33. The van der Waals surface area contributed by atoms with Gasteiger partial charge in [-0.25, -0.2) is 0 Å². The zero-order chi connectivity index (χ0) is 12.2. The Morgan fingerprint density at radius 2 is 2.00 bits per heavy atom. The molecule has 0 bridgehead atoms. The molecule has 0 heterocycles. The number of phenolic OH excluding ortho intramolecular Hbond substituents is 1. The van der Waals surface area contributed by atoms with E-state index in [9.17, 15) is 18.3 Å². The SMILES string of the molecule is Oc1cc(C(F)(F)F)ccc1C=CCCS. The fourth-order valence-corrected chi connectivity index (χ4v) is 1.29. The monoisotopic (exact) mass is 248 g/mol. The molecule has 0 fully saturated rings. The highest BCUT2D eigenvalue weighted by Gasteiger charge is 2.30. The highest BCUT2D eigenvalue weighted by Crippen LogP contribution is 2.32. The van der Waals surface area contributed by atoms with Crippen LogP contribution in [0.25, 0.3) is 6.08 Å². The maximum atomic E-state index is 12.3. The van der Waals surface area contributed by atoms with E-state index in [2.05, 4.69) is 12.6 Å². The number of allylic oxidation sites excluding steroid dienone is 1.